The Morgan fingerprint density at radius 3 is 2.63 bits per heavy atom. The van der Waals surface area contributed by atoms with E-state index in [1.54, 1.807) is 26.0 Å². The van der Waals surface area contributed by atoms with Crippen LogP contribution >= 0.6 is 23.4 Å². The van der Waals surface area contributed by atoms with Crippen LogP contribution < -0.4 is 19.5 Å². The average Bonchev–Trinajstić information content (AvgIpc) is 3.28. The number of carbonyl (C=O) groups is 1. The van der Waals surface area contributed by atoms with Crippen LogP contribution in [0.4, 0.5) is 5.95 Å². The van der Waals surface area contributed by atoms with Gasteiger partial charge >= 0.3 is 0 Å². The number of benzene rings is 2. The molecule has 35 heavy (non-hydrogen) atoms. The highest BCUT2D eigenvalue weighted by Gasteiger charge is 2.39. The van der Waals surface area contributed by atoms with Crippen LogP contribution in [0.5, 0.6) is 17.2 Å². The van der Waals surface area contributed by atoms with E-state index in [-0.39, 0.29) is 5.78 Å². The number of fused-ring (bicyclic) bond motifs is 1. The van der Waals surface area contributed by atoms with E-state index in [0.717, 1.165) is 29.7 Å². The van der Waals surface area contributed by atoms with Gasteiger partial charge in [-0.2, -0.15) is 4.98 Å². The highest BCUT2D eigenvalue weighted by Crippen LogP contribution is 2.48. The fraction of sp³-hybridized carbons (Fsp3) is 0.320. The van der Waals surface area contributed by atoms with Gasteiger partial charge < -0.3 is 19.5 Å². The van der Waals surface area contributed by atoms with E-state index in [4.69, 9.17) is 35.9 Å². The molecule has 182 valence electrons. The number of aromatic nitrogens is 3. The smallest absolute Gasteiger partial charge is 0.227 e. The molecule has 0 spiro atoms. The monoisotopic (exact) mass is 512 g/mol. The number of methoxy groups -OCH3 is 3. The van der Waals surface area contributed by atoms with Crippen molar-refractivity contribution in [3.63, 3.8) is 0 Å². The number of halogens is 1. The predicted octanol–water partition coefficient (Wildman–Crippen LogP) is 5.27. The van der Waals surface area contributed by atoms with Gasteiger partial charge in [-0.25, -0.2) is 4.68 Å². The van der Waals surface area contributed by atoms with Crippen LogP contribution in [-0.2, 0) is 10.5 Å². The lowest BCUT2D eigenvalue weighted by molar-refractivity contribution is -0.116. The molecule has 2 heterocycles. The molecule has 0 saturated carbocycles. The number of thioether (sulfide) groups is 1. The lowest BCUT2D eigenvalue weighted by Crippen LogP contribution is -2.31. The van der Waals surface area contributed by atoms with Gasteiger partial charge in [-0.1, -0.05) is 41.6 Å². The summed E-state index contributed by atoms with van der Waals surface area (Å²) in [5.74, 6) is 2.80. The summed E-state index contributed by atoms with van der Waals surface area (Å²) in [7, 11) is 4.71. The minimum absolute atomic E-state index is 0.0898. The van der Waals surface area contributed by atoms with Crippen molar-refractivity contribution in [3.05, 3.63) is 63.8 Å². The largest absolute Gasteiger partial charge is 0.493 e. The summed E-state index contributed by atoms with van der Waals surface area (Å²) in [4.78, 5) is 17.9. The number of Topliss-reactive ketones (excluding diaryl/α,β-unsaturated/α-hetero) is 1. The zero-order valence-electron chi connectivity index (χ0n) is 19.6. The van der Waals surface area contributed by atoms with Gasteiger partial charge in [0.25, 0.3) is 0 Å². The third-order valence-electron chi connectivity index (χ3n) is 6.19. The van der Waals surface area contributed by atoms with Gasteiger partial charge in [0.05, 0.1) is 21.3 Å². The Morgan fingerprint density at radius 2 is 1.89 bits per heavy atom. The minimum Gasteiger partial charge on any atom is -0.493 e. The molecule has 3 aromatic rings. The molecule has 0 amide bonds. The number of ether oxygens (including phenoxy) is 3. The topological polar surface area (TPSA) is 87.5 Å². The van der Waals surface area contributed by atoms with E-state index in [0.29, 0.717) is 51.1 Å². The summed E-state index contributed by atoms with van der Waals surface area (Å²) in [6.45, 7) is 0. The van der Waals surface area contributed by atoms with Crippen molar-refractivity contribution in [1.82, 2.24) is 14.8 Å². The molecule has 1 aliphatic heterocycles. The molecule has 8 nitrogen and oxygen atoms in total. The maximum Gasteiger partial charge on any atom is 0.227 e. The number of hydrogen-bond acceptors (Lipinski definition) is 8. The zero-order valence-corrected chi connectivity index (χ0v) is 21.2. The molecule has 10 heteroatoms. The minimum atomic E-state index is -0.508. The number of nitrogens with one attached hydrogen (secondary N) is 1. The van der Waals surface area contributed by atoms with Crippen molar-refractivity contribution < 1.29 is 19.0 Å². The molecule has 0 unspecified atom stereocenters. The number of allylic oxidation sites excluding steroid dienone is 2. The Bertz CT molecular complexity index is 1320. The molecule has 1 atom stereocenters. The van der Waals surface area contributed by atoms with E-state index < -0.39 is 6.04 Å². The molecule has 0 radical (unpaired) electrons. The lowest BCUT2D eigenvalue weighted by atomic mass is 9.85. The Hall–Kier alpha value is -3.17. The summed E-state index contributed by atoms with van der Waals surface area (Å²) in [6, 6.07) is 10.9. The Balaban J connectivity index is 1.60. The number of ketones is 1. The van der Waals surface area contributed by atoms with Gasteiger partial charge in [0.2, 0.25) is 16.9 Å². The molecular weight excluding hydrogens is 488 g/mol. The van der Waals surface area contributed by atoms with E-state index in [2.05, 4.69) is 5.32 Å². The lowest BCUT2D eigenvalue weighted by Gasteiger charge is -2.33. The highest BCUT2D eigenvalue weighted by atomic mass is 35.5. The molecule has 0 fully saturated rings. The fourth-order valence-electron chi connectivity index (χ4n) is 4.58. The molecular formula is C25H25ClN4O4S. The van der Waals surface area contributed by atoms with Gasteiger partial charge in [-0.3, -0.25) is 4.79 Å². The van der Waals surface area contributed by atoms with Gasteiger partial charge in [0.1, 0.15) is 6.04 Å². The van der Waals surface area contributed by atoms with Crippen molar-refractivity contribution in [1.29, 1.82) is 0 Å². The molecule has 0 saturated heterocycles. The van der Waals surface area contributed by atoms with Gasteiger partial charge in [-0.05, 0) is 36.6 Å². The third-order valence-corrected chi connectivity index (χ3v) is 7.45. The van der Waals surface area contributed by atoms with E-state index in [9.17, 15) is 4.79 Å². The van der Waals surface area contributed by atoms with Crippen molar-refractivity contribution in [2.45, 2.75) is 36.2 Å². The third kappa shape index (κ3) is 4.23. The fourth-order valence-corrected chi connectivity index (χ4v) is 5.70. The molecule has 1 aromatic heterocycles. The predicted molar refractivity (Wildman–Crippen MR) is 135 cm³/mol. The number of rotatable bonds is 7. The number of anilines is 1. The SMILES string of the molecule is COc1ccc([C@H]2C3=C(CCCC3=O)Nc3nc(SCc4ccccc4Cl)nn32)c(OC)c1OC. The summed E-state index contributed by atoms with van der Waals surface area (Å²) in [5.41, 5.74) is 3.32. The van der Waals surface area contributed by atoms with Crippen molar-refractivity contribution in [3.8, 4) is 17.2 Å². The van der Waals surface area contributed by atoms with Crippen molar-refractivity contribution in [2.24, 2.45) is 0 Å². The van der Waals surface area contributed by atoms with Gasteiger partial charge in [0.15, 0.2) is 17.3 Å². The van der Waals surface area contributed by atoms with Gasteiger partial charge in [0, 0.05) is 34.0 Å². The number of nitrogens with zero attached hydrogens (tertiary/aromatic N) is 3. The first-order valence-electron chi connectivity index (χ1n) is 11.2. The second-order valence-electron chi connectivity index (χ2n) is 8.16. The zero-order chi connectivity index (χ0) is 24.5. The van der Waals surface area contributed by atoms with Crippen LogP contribution in [0.3, 0.4) is 0 Å². The first-order valence-corrected chi connectivity index (χ1v) is 12.6. The van der Waals surface area contributed by atoms with Gasteiger partial charge in [-0.15, -0.1) is 5.10 Å². The maximum atomic E-state index is 13.2. The number of carbonyl (C=O) groups excluding carboxylic acids is 1. The molecule has 1 aliphatic carbocycles. The highest BCUT2D eigenvalue weighted by molar-refractivity contribution is 7.98. The number of hydrogen-bond donors (Lipinski definition) is 1. The molecule has 1 N–H and O–H groups in total. The van der Waals surface area contributed by atoms with E-state index in [1.165, 1.54) is 11.8 Å². The summed E-state index contributed by atoms with van der Waals surface area (Å²) < 4.78 is 18.6. The van der Waals surface area contributed by atoms with Crippen LogP contribution in [0, 0.1) is 0 Å². The standard InChI is InChI=1S/C25H25ClN4O4S/c1-32-19-12-11-15(22(33-2)23(19)34-3)21-20-17(9-6-10-18(20)31)27-24-28-25(29-30(21)24)35-13-14-7-4-5-8-16(14)26/h4-5,7-8,11-12,21H,6,9-10,13H2,1-3H3,(H,27,28,29)/t21-/m0/s1. The Labute approximate surface area is 212 Å². The Morgan fingerprint density at radius 1 is 1.09 bits per heavy atom. The first kappa shape index (κ1) is 23.6. The van der Waals surface area contributed by atoms with Crippen LogP contribution in [0.15, 0.2) is 52.8 Å². The second kappa shape index (κ2) is 9.83. The van der Waals surface area contributed by atoms with E-state index in [1.807, 2.05) is 36.4 Å². The molecule has 5 rings (SSSR count). The van der Waals surface area contributed by atoms with Crippen LogP contribution in [0.2, 0.25) is 5.02 Å². The van der Waals surface area contributed by atoms with Crippen LogP contribution in [0.1, 0.15) is 36.4 Å². The van der Waals surface area contributed by atoms with Crippen LogP contribution in [-0.4, -0.2) is 41.9 Å². The normalized spacial score (nSPS) is 16.9. The second-order valence-corrected chi connectivity index (χ2v) is 9.51. The Kier molecular flexibility index (Phi) is 6.62. The molecule has 0 bridgehead atoms. The first-order chi connectivity index (χ1) is 17.0. The molecule has 2 aliphatic rings. The van der Waals surface area contributed by atoms with Crippen molar-refractivity contribution >= 4 is 35.1 Å². The maximum absolute atomic E-state index is 13.2. The summed E-state index contributed by atoms with van der Waals surface area (Å²) >= 11 is 7.82. The van der Waals surface area contributed by atoms with E-state index >= 15 is 0 Å². The summed E-state index contributed by atoms with van der Waals surface area (Å²) in [5, 5.41) is 9.45. The summed E-state index contributed by atoms with van der Waals surface area (Å²) in [6.07, 6.45) is 2.05. The van der Waals surface area contributed by atoms with Crippen LogP contribution in [0.25, 0.3) is 0 Å². The average molecular weight is 513 g/mol. The van der Waals surface area contributed by atoms with Crippen molar-refractivity contribution in [2.75, 3.05) is 26.6 Å². The quantitative estimate of drug-likeness (QED) is 0.428. The molecule has 2 aromatic carbocycles.